The number of likely N-dealkylation sites (tertiary alicyclic amines) is 1. The van der Waals surface area contributed by atoms with Gasteiger partial charge >= 0.3 is 0 Å². The van der Waals surface area contributed by atoms with Crippen LogP contribution in [0.5, 0.6) is 0 Å². The molecule has 1 saturated heterocycles. The molecule has 0 aromatic heterocycles. The topological polar surface area (TPSA) is 3.24 Å². The molecule has 0 saturated carbocycles. The summed E-state index contributed by atoms with van der Waals surface area (Å²) in [5, 5.41) is 0.882. The second kappa shape index (κ2) is 3.25. The molecule has 2 heteroatoms. The first-order valence-electron chi connectivity index (χ1n) is 5.37. The molecule has 1 aromatic carbocycles. The normalized spacial score (nSPS) is 25.9. The van der Waals surface area contributed by atoms with Crippen LogP contribution in [0.25, 0.3) is 0 Å². The molecule has 1 nitrogen and oxygen atoms in total. The zero-order chi connectivity index (χ0) is 9.54. The maximum absolute atomic E-state index is 5.98. The van der Waals surface area contributed by atoms with Crippen molar-refractivity contribution in [1.29, 1.82) is 0 Å². The van der Waals surface area contributed by atoms with Crippen LogP contribution in [-0.2, 0) is 6.42 Å². The lowest BCUT2D eigenvalue weighted by Gasteiger charge is -2.36. The minimum absolute atomic E-state index is 0.691. The molecule has 0 bridgehead atoms. The molecule has 14 heavy (non-hydrogen) atoms. The van der Waals surface area contributed by atoms with E-state index in [1.54, 1.807) is 0 Å². The molecule has 0 radical (unpaired) electrons. The summed E-state index contributed by atoms with van der Waals surface area (Å²) in [6, 6.07) is 7.07. The van der Waals surface area contributed by atoms with Crippen LogP contribution < -0.4 is 0 Å². The Morgan fingerprint density at radius 3 is 2.86 bits per heavy atom. The van der Waals surface area contributed by atoms with Crippen LogP contribution in [0.4, 0.5) is 0 Å². The average molecular weight is 208 g/mol. The third kappa shape index (κ3) is 1.27. The second-order valence-corrected chi connectivity index (χ2v) is 4.72. The number of benzene rings is 1. The summed E-state index contributed by atoms with van der Waals surface area (Å²) in [5.41, 5.74) is 2.99. The van der Waals surface area contributed by atoms with Gasteiger partial charge in [0, 0.05) is 11.1 Å². The van der Waals surface area contributed by atoms with E-state index in [0.29, 0.717) is 6.04 Å². The van der Waals surface area contributed by atoms with Crippen LogP contribution in [-0.4, -0.2) is 18.0 Å². The first-order chi connectivity index (χ1) is 6.84. The molecule has 3 rings (SSSR count). The molecule has 1 atom stereocenters. The molecular formula is C12H14ClN. The fraction of sp³-hybridized carbons (Fsp3) is 0.500. The van der Waals surface area contributed by atoms with Crippen molar-refractivity contribution in [1.82, 2.24) is 4.90 Å². The molecule has 0 amide bonds. The number of nitrogens with zero attached hydrogens (tertiary/aromatic N) is 1. The second-order valence-electron chi connectivity index (χ2n) is 4.29. The molecule has 0 spiro atoms. The molecule has 1 aliphatic heterocycles. The molecule has 2 aliphatic rings. The molecule has 1 aliphatic carbocycles. The minimum Gasteiger partial charge on any atom is -0.296 e. The van der Waals surface area contributed by atoms with Crippen LogP contribution in [0.15, 0.2) is 18.2 Å². The lowest BCUT2D eigenvalue weighted by Crippen LogP contribution is -2.39. The summed E-state index contributed by atoms with van der Waals surface area (Å²) >= 11 is 5.98. The van der Waals surface area contributed by atoms with Crippen molar-refractivity contribution < 1.29 is 0 Å². The van der Waals surface area contributed by atoms with E-state index in [0.717, 1.165) is 5.02 Å². The van der Waals surface area contributed by atoms with E-state index >= 15 is 0 Å². The van der Waals surface area contributed by atoms with Gasteiger partial charge in [0.15, 0.2) is 0 Å². The lowest BCUT2D eigenvalue weighted by molar-refractivity contribution is 0.118. The first kappa shape index (κ1) is 8.75. The van der Waals surface area contributed by atoms with Gasteiger partial charge in [0.1, 0.15) is 0 Å². The zero-order valence-corrected chi connectivity index (χ0v) is 8.93. The van der Waals surface area contributed by atoms with E-state index in [2.05, 4.69) is 17.0 Å². The van der Waals surface area contributed by atoms with E-state index in [-0.39, 0.29) is 0 Å². The third-order valence-electron chi connectivity index (χ3n) is 3.48. The van der Waals surface area contributed by atoms with E-state index in [1.165, 1.54) is 43.5 Å². The first-order valence-corrected chi connectivity index (χ1v) is 5.75. The standard InChI is InChI=1S/C12H14ClN/c13-10-3-4-11-9(8-10)2-5-12(11)14-6-1-7-14/h3-4,8,12H,1-2,5-7H2. The van der Waals surface area contributed by atoms with Gasteiger partial charge in [-0.25, -0.2) is 0 Å². The summed E-state index contributed by atoms with van der Waals surface area (Å²) in [5.74, 6) is 0. The van der Waals surface area contributed by atoms with Gasteiger partial charge in [-0.05, 0) is 55.6 Å². The van der Waals surface area contributed by atoms with Gasteiger partial charge in [-0.3, -0.25) is 4.90 Å². The molecular weight excluding hydrogens is 194 g/mol. The summed E-state index contributed by atoms with van der Waals surface area (Å²) in [7, 11) is 0. The van der Waals surface area contributed by atoms with E-state index < -0.39 is 0 Å². The van der Waals surface area contributed by atoms with Crippen molar-refractivity contribution in [2.75, 3.05) is 13.1 Å². The van der Waals surface area contributed by atoms with E-state index in [1.807, 2.05) is 6.07 Å². The van der Waals surface area contributed by atoms with E-state index in [4.69, 9.17) is 11.6 Å². The Kier molecular flexibility index (Phi) is 2.03. The number of fused-ring (bicyclic) bond motifs is 1. The van der Waals surface area contributed by atoms with Gasteiger partial charge in [-0.1, -0.05) is 17.7 Å². The monoisotopic (exact) mass is 207 g/mol. The smallest absolute Gasteiger partial charge is 0.0408 e. The van der Waals surface area contributed by atoms with E-state index in [9.17, 15) is 0 Å². The predicted octanol–water partition coefficient (Wildman–Crippen LogP) is 3.03. The SMILES string of the molecule is Clc1ccc2c(c1)CCC2N1CCC1. The van der Waals surface area contributed by atoms with Gasteiger partial charge in [0.2, 0.25) is 0 Å². The summed E-state index contributed by atoms with van der Waals surface area (Å²) in [6.07, 6.45) is 3.87. The predicted molar refractivity (Wildman–Crippen MR) is 58.7 cm³/mol. The van der Waals surface area contributed by atoms with Crippen molar-refractivity contribution in [2.45, 2.75) is 25.3 Å². The van der Waals surface area contributed by atoms with Crippen LogP contribution in [0.1, 0.15) is 30.0 Å². The summed E-state index contributed by atoms with van der Waals surface area (Å²) in [6.45, 7) is 2.57. The highest BCUT2D eigenvalue weighted by Gasteiger charge is 2.30. The van der Waals surface area contributed by atoms with Gasteiger partial charge in [-0.2, -0.15) is 0 Å². The van der Waals surface area contributed by atoms with Crippen LogP contribution >= 0.6 is 11.6 Å². The van der Waals surface area contributed by atoms with Gasteiger partial charge in [0.25, 0.3) is 0 Å². The van der Waals surface area contributed by atoms with Gasteiger partial charge < -0.3 is 0 Å². The molecule has 1 fully saturated rings. The summed E-state index contributed by atoms with van der Waals surface area (Å²) in [4.78, 5) is 2.58. The number of rotatable bonds is 1. The zero-order valence-electron chi connectivity index (χ0n) is 8.17. The number of halogens is 1. The molecule has 74 valence electrons. The third-order valence-corrected chi connectivity index (χ3v) is 3.72. The Labute approximate surface area is 89.7 Å². The highest BCUT2D eigenvalue weighted by Crippen LogP contribution is 2.38. The maximum atomic E-state index is 5.98. The fourth-order valence-electron chi connectivity index (χ4n) is 2.60. The maximum Gasteiger partial charge on any atom is 0.0408 e. The number of hydrogen-bond donors (Lipinski definition) is 0. The van der Waals surface area contributed by atoms with Crippen molar-refractivity contribution in [2.24, 2.45) is 0 Å². The van der Waals surface area contributed by atoms with Crippen molar-refractivity contribution >= 4 is 11.6 Å². The van der Waals surface area contributed by atoms with Gasteiger partial charge in [0.05, 0.1) is 0 Å². The Morgan fingerprint density at radius 2 is 2.14 bits per heavy atom. The largest absolute Gasteiger partial charge is 0.296 e. The van der Waals surface area contributed by atoms with Gasteiger partial charge in [-0.15, -0.1) is 0 Å². The van der Waals surface area contributed by atoms with Crippen molar-refractivity contribution in [3.8, 4) is 0 Å². The molecule has 1 aromatic rings. The Bertz CT molecular complexity index is 357. The Balaban J connectivity index is 1.93. The fourth-order valence-corrected chi connectivity index (χ4v) is 2.79. The minimum atomic E-state index is 0.691. The Morgan fingerprint density at radius 1 is 1.29 bits per heavy atom. The van der Waals surface area contributed by atoms with Crippen LogP contribution in [0.3, 0.4) is 0 Å². The molecule has 0 N–H and O–H groups in total. The Hall–Kier alpha value is -0.530. The van der Waals surface area contributed by atoms with Crippen LogP contribution in [0, 0.1) is 0 Å². The molecule has 1 heterocycles. The quantitative estimate of drug-likeness (QED) is 0.684. The van der Waals surface area contributed by atoms with Crippen molar-refractivity contribution in [3.05, 3.63) is 34.3 Å². The summed E-state index contributed by atoms with van der Waals surface area (Å²) < 4.78 is 0. The highest BCUT2D eigenvalue weighted by atomic mass is 35.5. The van der Waals surface area contributed by atoms with Crippen LogP contribution in [0.2, 0.25) is 5.02 Å². The average Bonchev–Trinajstić information content (AvgIpc) is 2.45. The highest BCUT2D eigenvalue weighted by molar-refractivity contribution is 6.30. The number of hydrogen-bond acceptors (Lipinski definition) is 1. The molecule has 1 unspecified atom stereocenters. The number of aryl methyl sites for hydroxylation is 1. The van der Waals surface area contributed by atoms with Crippen molar-refractivity contribution in [3.63, 3.8) is 0 Å². The lowest BCUT2D eigenvalue weighted by atomic mass is 10.0.